The lowest BCUT2D eigenvalue weighted by Crippen LogP contribution is -2.34. The zero-order chi connectivity index (χ0) is 22.4. The van der Waals surface area contributed by atoms with Crippen LogP contribution in [0.1, 0.15) is 21.5 Å². The van der Waals surface area contributed by atoms with Gasteiger partial charge in [-0.25, -0.2) is 17.9 Å². The van der Waals surface area contributed by atoms with Crippen LogP contribution < -0.4 is 10.0 Å². The number of sulfonamides is 1. The van der Waals surface area contributed by atoms with Crippen LogP contribution in [-0.2, 0) is 10.0 Å². The van der Waals surface area contributed by atoms with Gasteiger partial charge in [0.05, 0.1) is 10.6 Å². The van der Waals surface area contributed by atoms with Crippen molar-refractivity contribution in [2.45, 2.75) is 11.8 Å². The molecule has 0 aliphatic carbocycles. The van der Waals surface area contributed by atoms with Gasteiger partial charge in [-0.05, 0) is 55.0 Å². The van der Waals surface area contributed by atoms with Gasteiger partial charge in [0.15, 0.2) is 5.78 Å². The average Bonchev–Trinajstić information content (AvgIpc) is 2.73. The monoisotopic (exact) mass is 454 g/mol. The predicted molar refractivity (Wildman–Crippen MR) is 122 cm³/mol. The van der Waals surface area contributed by atoms with Crippen LogP contribution in [0.15, 0.2) is 83.8 Å². The Hall–Kier alpha value is -3.42. The highest BCUT2D eigenvalue weighted by atomic mass is 35.5. The first kappa shape index (κ1) is 22.3. The molecule has 8 heteroatoms. The number of urea groups is 1. The second kappa shape index (κ2) is 9.59. The molecule has 3 aromatic rings. The van der Waals surface area contributed by atoms with E-state index >= 15 is 0 Å². The summed E-state index contributed by atoms with van der Waals surface area (Å²) in [7, 11) is -4.06. The number of allylic oxidation sites excluding steroid dienone is 1. The van der Waals surface area contributed by atoms with Gasteiger partial charge < -0.3 is 5.32 Å². The highest BCUT2D eigenvalue weighted by Crippen LogP contribution is 2.20. The van der Waals surface area contributed by atoms with Crippen LogP contribution in [0.5, 0.6) is 0 Å². The van der Waals surface area contributed by atoms with Crippen molar-refractivity contribution in [3.63, 3.8) is 0 Å². The summed E-state index contributed by atoms with van der Waals surface area (Å²) in [6.45, 7) is 1.82. The van der Waals surface area contributed by atoms with E-state index in [9.17, 15) is 18.0 Å². The van der Waals surface area contributed by atoms with Crippen LogP contribution in [0.4, 0.5) is 10.5 Å². The summed E-state index contributed by atoms with van der Waals surface area (Å²) in [5.41, 5.74) is 1.94. The number of carbonyl (C=O) groups excluding carboxylic acids is 2. The van der Waals surface area contributed by atoms with E-state index in [1.54, 1.807) is 54.6 Å². The van der Waals surface area contributed by atoms with Crippen molar-refractivity contribution in [2.24, 2.45) is 0 Å². The molecule has 0 spiro atoms. The van der Waals surface area contributed by atoms with Crippen molar-refractivity contribution < 1.29 is 18.0 Å². The third-order valence-electron chi connectivity index (χ3n) is 4.32. The van der Waals surface area contributed by atoms with E-state index in [1.165, 1.54) is 30.3 Å². The van der Waals surface area contributed by atoms with Gasteiger partial charge in [0.1, 0.15) is 0 Å². The number of amides is 2. The van der Waals surface area contributed by atoms with Crippen LogP contribution in [0.25, 0.3) is 6.08 Å². The maximum Gasteiger partial charge on any atom is 0.333 e. The summed E-state index contributed by atoms with van der Waals surface area (Å²) in [6.07, 6.45) is 2.91. The van der Waals surface area contributed by atoms with Gasteiger partial charge in [0, 0.05) is 10.6 Å². The van der Waals surface area contributed by atoms with Gasteiger partial charge in [0.25, 0.3) is 10.0 Å². The molecule has 2 amide bonds. The first-order chi connectivity index (χ1) is 14.8. The van der Waals surface area contributed by atoms with E-state index in [0.717, 1.165) is 5.56 Å². The molecule has 0 radical (unpaired) electrons. The average molecular weight is 455 g/mol. The van der Waals surface area contributed by atoms with Crippen LogP contribution in [0.3, 0.4) is 0 Å². The van der Waals surface area contributed by atoms with Crippen molar-refractivity contribution >= 4 is 45.2 Å². The second-order valence-electron chi connectivity index (χ2n) is 6.64. The molecule has 0 aliphatic heterocycles. The third-order valence-corrected chi connectivity index (χ3v) is 6.01. The molecular formula is C23H19ClN2O4S. The number of halogens is 1. The van der Waals surface area contributed by atoms with Crippen LogP contribution in [0.2, 0.25) is 5.02 Å². The molecule has 0 heterocycles. The number of hydrogen-bond donors (Lipinski definition) is 2. The molecule has 31 heavy (non-hydrogen) atoms. The summed E-state index contributed by atoms with van der Waals surface area (Å²) in [5, 5.41) is 2.93. The zero-order valence-electron chi connectivity index (χ0n) is 16.5. The van der Waals surface area contributed by atoms with Crippen molar-refractivity contribution in [3.8, 4) is 0 Å². The molecule has 6 nitrogen and oxygen atoms in total. The first-order valence-corrected chi connectivity index (χ1v) is 11.1. The van der Waals surface area contributed by atoms with Crippen LogP contribution >= 0.6 is 11.6 Å². The number of aryl methyl sites for hydroxylation is 1. The quantitative estimate of drug-likeness (QED) is 0.402. The van der Waals surface area contributed by atoms with Crippen LogP contribution in [-0.4, -0.2) is 20.2 Å². The number of hydrogen-bond acceptors (Lipinski definition) is 4. The van der Waals surface area contributed by atoms with Gasteiger partial charge >= 0.3 is 6.03 Å². The Labute approximate surface area is 185 Å². The summed E-state index contributed by atoms with van der Waals surface area (Å²) in [4.78, 5) is 24.9. The fourth-order valence-corrected chi connectivity index (χ4v) is 3.82. The van der Waals surface area contributed by atoms with E-state index in [2.05, 4.69) is 5.32 Å². The predicted octanol–water partition coefficient (Wildman–Crippen LogP) is 5.05. The molecule has 2 N–H and O–H groups in total. The second-order valence-corrected chi connectivity index (χ2v) is 8.73. The normalized spacial score (nSPS) is 11.3. The molecule has 0 saturated carbocycles. The van der Waals surface area contributed by atoms with E-state index in [1.807, 2.05) is 11.6 Å². The number of anilines is 1. The summed E-state index contributed by atoms with van der Waals surface area (Å²) >= 11 is 6.09. The lowest BCUT2D eigenvalue weighted by atomic mass is 10.1. The van der Waals surface area contributed by atoms with Crippen molar-refractivity contribution in [1.82, 2.24) is 4.72 Å². The topological polar surface area (TPSA) is 92.3 Å². The lowest BCUT2D eigenvalue weighted by molar-refractivity contribution is 0.104. The zero-order valence-corrected chi connectivity index (χ0v) is 18.1. The van der Waals surface area contributed by atoms with Gasteiger partial charge in [-0.2, -0.15) is 0 Å². The molecule has 0 unspecified atom stereocenters. The van der Waals surface area contributed by atoms with Crippen LogP contribution in [0, 0.1) is 6.92 Å². The minimum Gasteiger partial charge on any atom is -0.306 e. The van der Waals surface area contributed by atoms with Gasteiger partial charge in [-0.1, -0.05) is 59.6 Å². The van der Waals surface area contributed by atoms with E-state index in [-0.39, 0.29) is 21.9 Å². The maximum absolute atomic E-state index is 12.7. The number of para-hydroxylation sites is 1. The van der Waals surface area contributed by atoms with Crippen molar-refractivity contribution in [1.29, 1.82) is 0 Å². The Balaban J connectivity index is 1.75. The summed E-state index contributed by atoms with van der Waals surface area (Å²) in [6, 6.07) is 18.4. The van der Waals surface area contributed by atoms with E-state index in [4.69, 9.17) is 11.6 Å². The molecule has 0 aliphatic rings. The summed E-state index contributed by atoms with van der Waals surface area (Å²) in [5.74, 6) is -0.378. The molecule has 3 aromatic carbocycles. The third kappa shape index (κ3) is 5.81. The molecule has 0 fully saturated rings. The van der Waals surface area contributed by atoms with E-state index < -0.39 is 16.1 Å². The smallest absolute Gasteiger partial charge is 0.306 e. The number of carbonyl (C=O) groups is 2. The molecular weight excluding hydrogens is 436 g/mol. The molecule has 0 saturated heterocycles. The minimum atomic E-state index is -4.06. The molecule has 0 aromatic heterocycles. The lowest BCUT2D eigenvalue weighted by Gasteiger charge is -2.11. The fourth-order valence-electron chi connectivity index (χ4n) is 2.72. The van der Waals surface area contributed by atoms with Gasteiger partial charge in [-0.3, -0.25) is 4.79 Å². The fraction of sp³-hybridized carbons (Fsp3) is 0.0435. The Morgan fingerprint density at radius 1 is 0.903 bits per heavy atom. The Morgan fingerprint density at radius 2 is 1.55 bits per heavy atom. The maximum atomic E-state index is 12.7. The molecule has 0 atom stereocenters. The van der Waals surface area contributed by atoms with Gasteiger partial charge in [0.2, 0.25) is 0 Å². The number of nitrogens with one attached hydrogen (secondary N) is 2. The van der Waals surface area contributed by atoms with E-state index in [0.29, 0.717) is 10.6 Å². The van der Waals surface area contributed by atoms with Gasteiger partial charge in [-0.15, -0.1) is 0 Å². The molecule has 3 rings (SSSR count). The largest absolute Gasteiger partial charge is 0.333 e. The molecule has 158 valence electrons. The number of rotatable bonds is 6. The van der Waals surface area contributed by atoms with Crippen molar-refractivity contribution in [2.75, 3.05) is 5.32 Å². The molecule has 0 bridgehead atoms. The minimum absolute atomic E-state index is 0.0414. The van der Waals surface area contributed by atoms with Crippen molar-refractivity contribution in [3.05, 3.63) is 101 Å². The summed E-state index contributed by atoms with van der Waals surface area (Å²) < 4.78 is 26.7. The Morgan fingerprint density at radius 3 is 2.26 bits per heavy atom. The highest BCUT2D eigenvalue weighted by molar-refractivity contribution is 7.90. The highest BCUT2D eigenvalue weighted by Gasteiger charge is 2.19. The Kier molecular flexibility index (Phi) is 6.89. The Bertz CT molecular complexity index is 1250. The number of ketones is 1. The SMILES string of the molecule is Cc1ccc(S(=O)(=O)NC(=O)Nc2ccccc2C(=O)/C=C/c2ccccc2Cl)cc1. The number of benzene rings is 3. The standard InChI is InChI=1S/C23H19ClN2O4S/c1-16-10-13-18(14-11-16)31(29,30)26-23(28)25-21-9-5-3-7-19(21)22(27)15-12-17-6-2-4-8-20(17)24/h2-15H,1H3,(H2,25,26,28)/b15-12+. The first-order valence-electron chi connectivity index (χ1n) is 9.23.